The molecule has 0 radical (unpaired) electrons. The van der Waals surface area contributed by atoms with Crippen LogP contribution in [0.4, 0.5) is 0 Å². The van der Waals surface area contributed by atoms with Gasteiger partial charge in [-0.05, 0) is 47.6 Å². The number of benzene rings is 1. The average molecular weight is 280 g/mol. The third-order valence-corrected chi connectivity index (χ3v) is 2.97. The van der Waals surface area contributed by atoms with Gasteiger partial charge in [-0.2, -0.15) is 0 Å². The number of nitrogens with one attached hydrogen (secondary N) is 1. The summed E-state index contributed by atoms with van der Waals surface area (Å²) in [5.41, 5.74) is 2.47. The molecular formula is C13H14BrNO. The summed E-state index contributed by atoms with van der Waals surface area (Å²) in [6.45, 7) is 2.09. The molecule has 84 valence electrons. The summed E-state index contributed by atoms with van der Waals surface area (Å²) in [6.07, 6.45) is 0. The van der Waals surface area contributed by atoms with Crippen LogP contribution in [0, 0.1) is 6.92 Å². The van der Waals surface area contributed by atoms with Gasteiger partial charge >= 0.3 is 0 Å². The molecule has 1 heterocycles. The van der Waals surface area contributed by atoms with Crippen molar-refractivity contribution in [2.45, 2.75) is 13.0 Å². The SMILES string of the molecule is CNC(c1cccc(C)c1)c1ccc(Br)o1. The number of furan rings is 1. The van der Waals surface area contributed by atoms with E-state index in [-0.39, 0.29) is 6.04 Å². The maximum absolute atomic E-state index is 5.58. The molecule has 2 aromatic rings. The maximum Gasteiger partial charge on any atom is 0.169 e. The van der Waals surface area contributed by atoms with Crippen LogP contribution in [0.1, 0.15) is 22.9 Å². The minimum Gasteiger partial charge on any atom is -0.452 e. The first-order valence-electron chi connectivity index (χ1n) is 5.20. The maximum atomic E-state index is 5.58. The highest BCUT2D eigenvalue weighted by Gasteiger charge is 2.15. The van der Waals surface area contributed by atoms with Gasteiger partial charge in [-0.25, -0.2) is 0 Å². The molecule has 0 fully saturated rings. The van der Waals surface area contributed by atoms with Crippen LogP contribution in [0.25, 0.3) is 0 Å². The molecule has 2 rings (SSSR count). The molecule has 1 atom stereocenters. The molecule has 1 N–H and O–H groups in total. The Morgan fingerprint density at radius 1 is 1.25 bits per heavy atom. The Hall–Kier alpha value is -1.06. The summed E-state index contributed by atoms with van der Waals surface area (Å²) >= 11 is 3.32. The monoisotopic (exact) mass is 279 g/mol. The number of halogens is 1. The van der Waals surface area contributed by atoms with Crippen molar-refractivity contribution in [1.29, 1.82) is 0 Å². The van der Waals surface area contributed by atoms with E-state index >= 15 is 0 Å². The van der Waals surface area contributed by atoms with E-state index in [1.807, 2.05) is 19.2 Å². The van der Waals surface area contributed by atoms with E-state index in [0.29, 0.717) is 0 Å². The van der Waals surface area contributed by atoms with E-state index < -0.39 is 0 Å². The van der Waals surface area contributed by atoms with E-state index in [0.717, 1.165) is 10.4 Å². The predicted molar refractivity (Wildman–Crippen MR) is 68.5 cm³/mol. The van der Waals surface area contributed by atoms with Crippen LogP contribution < -0.4 is 5.32 Å². The Morgan fingerprint density at radius 2 is 2.06 bits per heavy atom. The van der Waals surface area contributed by atoms with Crippen molar-refractivity contribution in [3.63, 3.8) is 0 Å². The van der Waals surface area contributed by atoms with Gasteiger partial charge in [0, 0.05) is 0 Å². The summed E-state index contributed by atoms with van der Waals surface area (Å²) in [5, 5.41) is 3.26. The van der Waals surface area contributed by atoms with Crippen LogP contribution >= 0.6 is 15.9 Å². The van der Waals surface area contributed by atoms with E-state index in [1.54, 1.807) is 0 Å². The van der Waals surface area contributed by atoms with Crippen molar-refractivity contribution < 1.29 is 4.42 Å². The topological polar surface area (TPSA) is 25.2 Å². The molecule has 0 aliphatic heterocycles. The van der Waals surface area contributed by atoms with E-state index in [1.165, 1.54) is 11.1 Å². The summed E-state index contributed by atoms with van der Waals surface area (Å²) in [6, 6.07) is 12.4. The van der Waals surface area contributed by atoms with Crippen molar-refractivity contribution in [3.05, 3.63) is 58.0 Å². The van der Waals surface area contributed by atoms with Crippen molar-refractivity contribution in [1.82, 2.24) is 5.32 Å². The molecule has 0 aliphatic rings. The molecule has 1 unspecified atom stereocenters. The van der Waals surface area contributed by atoms with Gasteiger partial charge in [0.05, 0.1) is 6.04 Å². The highest BCUT2D eigenvalue weighted by Crippen LogP contribution is 2.26. The van der Waals surface area contributed by atoms with Crippen molar-refractivity contribution >= 4 is 15.9 Å². The Labute approximate surface area is 104 Å². The Balaban J connectivity index is 2.36. The summed E-state index contributed by atoms with van der Waals surface area (Å²) in [5.74, 6) is 0.917. The lowest BCUT2D eigenvalue weighted by Crippen LogP contribution is -2.16. The largest absolute Gasteiger partial charge is 0.452 e. The lowest BCUT2D eigenvalue weighted by Gasteiger charge is -2.14. The zero-order valence-corrected chi connectivity index (χ0v) is 10.9. The molecule has 0 saturated carbocycles. The molecule has 1 aromatic carbocycles. The van der Waals surface area contributed by atoms with E-state index in [2.05, 4.69) is 52.4 Å². The normalized spacial score (nSPS) is 12.7. The molecule has 3 heteroatoms. The van der Waals surface area contributed by atoms with Crippen molar-refractivity contribution in [2.24, 2.45) is 0 Å². The minimum absolute atomic E-state index is 0.103. The molecular weight excluding hydrogens is 266 g/mol. The van der Waals surface area contributed by atoms with E-state index in [4.69, 9.17) is 4.42 Å². The first-order chi connectivity index (χ1) is 7.70. The van der Waals surface area contributed by atoms with Gasteiger partial charge < -0.3 is 9.73 Å². The zero-order chi connectivity index (χ0) is 11.5. The summed E-state index contributed by atoms with van der Waals surface area (Å²) < 4.78 is 6.34. The van der Waals surface area contributed by atoms with Crippen LogP contribution in [0.3, 0.4) is 0 Å². The smallest absolute Gasteiger partial charge is 0.169 e. The highest BCUT2D eigenvalue weighted by molar-refractivity contribution is 9.10. The van der Waals surface area contributed by atoms with E-state index in [9.17, 15) is 0 Å². The van der Waals surface area contributed by atoms with Gasteiger partial charge in [0.15, 0.2) is 4.67 Å². The molecule has 0 spiro atoms. The Kier molecular flexibility index (Phi) is 3.46. The van der Waals surface area contributed by atoms with Gasteiger partial charge in [-0.3, -0.25) is 0 Å². The number of aryl methyl sites for hydroxylation is 1. The van der Waals surface area contributed by atoms with Gasteiger partial charge in [0.2, 0.25) is 0 Å². The van der Waals surface area contributed by atoms with Gasteiger partial charge in [-0.1, -0.05) is 29.8 Å². The zero-order valence-electron chi connectivity index (χ0n) is 9.33. The molecule has 0 saturated heterocycles. The molecule has 0 amide bonds. The van der Waals surface area contributed by atoms with Gasteiger partial charge in [0.25, 0.3) is 0 Å². The Morgan fingerprint density at radius 3 is 2.62 bits per heavy atom. The second-order valence-electron chi connectivity index (χ2n) is 3.78. The molecule has 0 aliphatic carbocycles. The number of hydrogen-bond acceptors (Lipinski definition) is 2. The minimum atomic E-state index is 0.103. The Bertz CT molecular complexity index is 478. The van der Waals surface area contributed by atoms with Crippen LogP contribution in [0.5, 0.6) is 0 Å². The first-order valence-corrected chi connectivity index (χ1v) is 5.99. The third kappa shape index (κ3) is 2.36. The second kappa shape index (κ2) is 4.85. The van der Waals surface area contributed by atoms with Gasteiger partial charge in [-0.15, -0.1) is 0 Å². The number of hydrogen-bond donors (Lipinski definition) is 1. The highest BCUT2D eigenvalue weighted by atomic mass is 79.9. The van der Waals surface area contributed by atoms with Crippen LogP contribution in [-0.2, 0) is 0 Å². The number of rotatable bonds is 3. The average Bonchev–Trinajstić information content (AvgIpc) is 2.66. The standard InChI is InChI=1S/C13H14BrNO/c1-9-4-3-5-10(8-9)13(15-2)11-6-7-12(14)16-11/h3-8,13,15H,1-2H3. The lowest BCUT2D eigenvalue weighted by atomic mass is 10.0. The molecule has 2 nitrogen and oxygen atoms in total. The fourth-order valence-electron chi connectivity index (χ4n) is 1.81. The fourth-order valence-corrected chi connectivity index (χ4v) is 2.13. The quantitative estimate of drug-likeness (QED) is 0.928. The summed E-state index contributed by atoms with van der Waals surface area (Å²) in [7, 11) is 1.93. The van der Waals surface area contributed by atoms with Crippen LogP contribution in [-0.4, -0.2) is 7.05 Å². The first kappa shape index (κ1) is 11.4. The molecule has 0 bridgehead atoms. The van der Waals surface area contributed by atoms with Crippen molar-refractivity contribution in [3.8, 4) is 0 Å². The predicted octanol–water partition coefficient (Wildman–Crippen LogP) is 3.66. The molecule has 16 heavy (non-hydrogen) atoms. The van der Waals surface area contributed by atoms with Crippen LogP contribution in [0.15, 0.2) is 45.5 Å². The summed E-state index contributed by atoms with van der Waals surface area (Å²) in [4.78, 5) is 0. The second-order valence-corrected chi connectivity index (χ2v) is 4.56. The van der Waals surface area contributed by atoms with Crippen LogP contribution in [0.2, 0.25) is 0 Å². The third-order valence-electron chi connectivity index (χ3n) is 2.54. The fraction of sp³-hybridized carbons (Fsp3) is 0.231. The van der Waals surface area contributed by atoms with Gasteiger partial charge in [0.1, 0.15) is 5.76 Å². The molecule has 1 aromatic heterocycles. The van der Waals surface area contributed by atoms with Crippen molar-refractivity contribution in [2.75, 3.05) is 7.05 Å². The lowest BCUT2D eigenvalue weighted by molar-refractivity contribution is 0.447.